The standard InChI is InChI=1S/C20H27N7.2ClH/c1-15-10-16(2)27(23-15)14-20(4-5-20)13-25-9-7-22-19(25)18-11-17-12-21-6-3-8-26(17)24-18;;/h7,9-11,21H,3-6,8,12-14H2,1-2H3;2*1H. The molecule has 9 heteroatoms. The van der Waals surface area contributed by atoms with Gasteiger partial charge in [-0.25, -0.2) is 4.98 Å². The number of nitrogens with one attached hydrogen (secondary N) is 1. The fraction of sp³-hybridized carbons (Fsp3) is 0.550. The second kappa shape index (κ2) is 8.50. The first-order valence-corrected chi connectivity index (χ1v) is 9.92. The van der Waals surface area contributed by atoms with Crippen molar-refractivity contribution in [2.24, 2.45) is 5.41 Å². The minimum Gasteiger partial charge on any atom is -0.329 e. The Morgan fingerprint density at radius 1 is 1.10 bits per heavy atom. The van der Waals surface area contributed by atoms with Gasteiger partial charge in [-0.05, 0) is 51.8 Å². The van der Waals surface area contributed by atoms with Crippen LogP contribution < -0.4 is 5.32 Å². The molecule has 0 spiro atoms. The van der Waals surface area contributed by atoms with Crippen LogP contribution in [0.25, 0.3) is 11.5 Å². The van der Waals surface area contributed by atoms with E-state index in [4.69, 9.17) is 5.10 Å². The number of nitrogens with zero attached hydrogens (tertiary/aromatic N) is 6. The summed E-state index contributed by atoms with van der Waals surface area (Å²) in [4.78, 5) is 4.64. The van der Waals surface area contributed by atoms with Crippen LogP contribution in [0.2, 0.25) is 0 Å². The van der Waals surface area contributed by atoms with Gasteiger partial charge in [-0.15, -0.1) is 24.8 Å². The highest BCUT2D eigenvalue weighted by molar-refractivity contribution is 5.85. The molecule has 0 amide bonds. The lowest BCUT2D eigenvalue weighted by Gasteiger charge is -2.18. The predicted molar refractivity (Wildman–Crippen MR) is 118 cm³/mol. The second-order valence-electron chi connectivity index (χ2n) is 8.24. The summed E-state index contributed by atoms with van der Waals surface area (Å²) < 4.78 is 6.59. The van der Waals surface area contributed by atoms with Crippen LogP contribution in [-0.4, -0.2) is 35.7 Å². The zero-order valence-corrected chi connectivity index (χ0v) is 18.6. The molecule has 4 heterocycles. The monoisotopic (exact) mass is 437 g/mol. The molecule has 7 nitrogen and oxygen atoms in total. The average Bonchev–Trinajstić information content (AvgIpc) is 2.95. The molecule has 1 fully saturated rings. The van der Waals surface area contributed by atoms with E-state index in [1.54, 1.807) is 0 Å². The lowest BCUT2D eigenvalue weighted by atomic mass is 10.1. The minimum absolute atomic E-state index is 0. The molecule has 3 aromatic rings. The maximum absolute atomic E-state index is 4.84. The molecule has 5 rings (SSSR count). The third kappa shape index (κ3) is 4.37. The Bertz CT molecular complexity index is 944. The molecule has 0 unspecified atom stereocenters. The molecule has 0 atom stereocenters. The Balaban J connectivity index is 0.00000120. The van der Waals surface area contributed by atoms with E-state index in [9.17, 15) is 0 Å². The van der Waals surface area contributed by atoms with Crippen LogP contribution in [-0.2, 0) is 26.2 Å². The number of imidazole rings is 1. The normalized spacial score (nSPS) is 17.0. The number of rotatable bonds is 5. The molecule has 0 bridgehead atoms. The lowest BCUT2D eigenvalue weighted by molar-refractivity contribution is 0.342. The quantitative estimate of drug-likeness (QED) is 0.664. The van der Waals surface area contributed by atoms with Crippen LogP contribution in [0.4, 0.5) is 0 Å². The van der Waals surface area contributed by atoms with Crippen molar-refractivity contribution in [2.75, 3.05) is 6.54 Å². The van der Waals surface area contributed by atoms with Crippen molar-refractivity contribution in [1.29, 1.82) is 0 Å². The van der Waals surface area contributed by atoms with Crippen LogP contribution in [0.3, 0.4) is 0 Å². The van der Waals surface area contributed by atoms with Crippen molar-refractivity contribution in [3.8, 4) is 11.5 Å². The number of aryl methyl sites for hydroxylation is 3. The SMILES string of the molecule is Cc1cc(C)n(CC2(Cn3ccnc3-c3cc4n(n3)CCCNC4)CC2)n1.Cl.Cl. The van der Waals surface area contributed by atoms with Crippen molar-refractivity contribution in [3.05, 3.63) is 41.6 Å². The van der Waals surface area contributed by atoms with Gasteiger partial charge in [0.15, 0.2) is 5.82 Å². The van der Waals surface area contributed by atoms with E-state index in [0.29, 0.717) is 0 Å². The Hall–Kier alpha value is -1.83. The van der Waals surface area contributed by atoms with Crippen LogP contribution in [0.5, 0.6) is 0 Å². The topological polar surface area (TPSA) is 65.5 Å². The van der Waals surface area contributed by atoms with Gasteiger partial charge in [0, 0.05) is 49.7 Å². The summed E-state index contributed by atoms with van der Waals surface area (Å²) in [6, 6.07) is 4.35. The second-order valence-corrected chi connectivity index (χ2v) is 8.24. The van der Waals surface area contributed by atoms with Gasteiger partial charge in [0.25, 0.3) is 0 Å². The van der Waals surface area contributed by atoms with Crippen molar-refractivity contribution in [2.45, 2.75) is 59.3 Å². The molecular weight excluding hydrogens is 409 g/mol. The maximum Gasteiger partial charge on any atom is 0.160 e. The molecule has 158 valence electrons. The Labute approximate surface area is 183 Å². The fourth-order valence-electron chi connectivity index (χ4n) is 4.20. The highest BCUT2D eigenvalue weighted by Crippen LogP contribution is 2.49. The van der Waals surface area contributed by atoms with E-state index in [1.165, 1.54) is 24.2 Å². The molecule has 2 aliphatic rings. The smallest absolute Gasteiger partial charge is 0.160 e. The maximum atomic E-state index is 4.84. The van der Waals surface area contributed by atoms with Gasteiger partial charge in [0.2, 0.25) is 0 Å². The molecule has 1 aliphatic heterocycles. The van der Waals surface area contributed by atoms with Gasteiger partial charge in [0.05, 0.1) is 11.4 Å². The Kier molecular flexibility index (Phi) is 6.41. The number of aromatic nitrogens is 6. The molecule has 1 saturated carbocycles. The van der Waals surface area contributed by atoms with Gasteiger partial charge in [-0.3, -0.25) is 9.36 Å². The van der Waals surface area contributed by atoms with Crippen molar-refractivity contribution in [3.63, 3.8) is 0 Å². The Morgan fingerprint density at radius 2 is 1.93 bits per heavy atom. The average molecular weight is 438 g/mol. The summed E-state index contributed by atoms with van der Waals surface area (Å²) in [5, 5.41) is 13.0. The zero-order valence-electron chi connectivity index (χ0n) is 17.0. The van der Waals surface area contributed by atoms with E-state index in [0.717, 1.165) is 56.4 Å². The van der Waals surface area contributed by atoms with Crippen LogP contribution in [0, 0.1) is 19.3 Å². The van der Waals surface area contributed by atoms with E-state index < -0.39 is 0 Å². The highest BCUT2D eigenvalue weighted by Gasteiger charge is 2.44. The van der Waals surface area contributed by atoms with Gasteiger partial charge in [0.1, 0.15) is 5.69 Å². The third-order valence-corrected chi connectivity index (χ3v) is 5.89. The Morgan fingerprint density at radius 3 is 2.66 bits per heavy atom. The molecule has 0 aromatic carbocycles. The summed E-state index contributed by atoms with van der Waals surface area (Å²) in [6.07, 6.45) is 7.60. The van der Waals surface area contributed by atoms with E-state index in [-0.39, 0.29) is 30.2 Å². The van der Waals surface area contributed by atoms with Gasteiger partial charge in [-0.2, -0.15) is 10.2 Å². The highest BCUT2D eigenvalue weighted by atomic mass is 35.5. The molecule has 1 aliphatic carbocycles. The third-order valence-electron chi connectivity index (χ3n) is 5.89. The molecule has 29 heavy (non-hydrogen) atoms. The molecule has 1 N–H and O–H groups in total. The largest absolute Gasteiger partial charge is 0.329 e. The van der Waals surface area contributed by atoms with E-state index in [2.05, 4.69) is 61.5 Å². The number of halogens is 2. The zero-order chi connectivity index (χ0) is 18.4. The van der Waals surface area contributed by atoms with Crippen molar-refractivity contribution in [1.82, 2.24) is 34.4 Å². The first-order chi connectivity index (χ1) is 13.1. The predicted octanol–water partition coefficient (Wildman–Crippen LogP) is 3.38. The lowest BCUT2D eigenvalue weighted by Crippen LogP contribution is -2.20. The van der Waals surface area contributed by atoms with Crippen LogP contribution in [0.1, 0.15) is 36.3 Å². The first-order valence-electron chi connectivity index (χ1n) is 9.92. The van der Waals surface area contributed by atoms with Crippen molar-refractivity contribution >= 4 is 24.8 Å². The molecule has 3 aromatic heterocycles. The molecular formula is C20H29Cl2N7. The van der Waals surface area contributed by atoms with Crippen LogP contribution >= 0.6 is 24.8 Å². The van der Waals surface area contributed by atoms with Gasteiger partial charge in [-0.1, -0.05) is 0 Å². The summed E-state index contributed by atoms with van der Waals surface area (Å²) in [5.74, 6) is 0.982. The molecule has 0 saturated heterocycles. The first kappa shape index (κ1) is 21.9. The van der Waals surface area contributed by atoms with Gasteiger partial charge < -0.3 is 9.88 Å². The van der Waals surface area contributed by atoms with Crippen LogP contribution in [0.15, 0.2) is 24.5 Å². The number of hydrogen-bond acceptors (Lipinski definition) is 4. The van der Waals surface area contributed by atoms with E-state index in [1.807, 2.05) is 6.20 Å². The van der Waals surface area contributed by atoms with Gasteiger partial charge >= 0.3 is 0 Å². The summed E-state index contributed by atoms with van der Waals surface area (Å²) in [6.45, 7) is 9.08. The molecule has 0 radical (unpaired) electrons. The number of hydrogen-bond donors (Lipinski definition) is 1. The summed E-state index contributed by atoms with van der Waals surface area (Å²) in [7, 11) is 0. The van der Waals surface area contributed by atoms with E-state index >= 15 is 0 Å². The van der Waals surface area contributed by atoms with Crippen molar-refractivity contribution < 1.29 is 0 Å². The number of fused-ring (bicyclic) bond motifs is 1. The summed E-state index contributed by atoms with van der Waals surface area (Å²) in [5.41, 5.74) is 4.87. The minimum atomic E-state index is 0. The summed E-state index contributed by atoms with van der Waals surface area (Å²) >= 11 is 0. The fourth-order valence-corrected chi connectivity index (χ4v) is 4.20.